The third-order valence-electron chi connectivity index (χ3n) is 5.49. The maximum absolute atomic E-state index is 12.3. The number of imidazole rings is 1. The van der Waals surface area contributed by atoms with Crippen molar-refractivity contribution in [2.45, 2.75) is 38.1 Å². The molecule has 3 aromatic rings. The third-order valence-corrected chi connectivity index (χ3v) is 5.49. The summed E-state index contributed by atoms with van der Waals surface area (Å²) in [7, 11) is 0. The van der Waals surface area contributed by atoms with Gasteiger partial charge in [-0.2, -0.15) is 0 Å². The van der Waals surface area contributed by atoms with Gasteiger partial charge in [0.1, 0.15) is 18.9 Å². The van der Waals surface area contributed by atoms with Crippen LogP contribution in [0.2, 0.25) is 0 Å². The molecule has 0 atom stereocenters. The normalized spacial score (nSPS) is 16.6. The Kier molecular flexibility index (Phi) is 4.71. The fourth-order valence-electron chi connectivity index (χ4n) is 4.01. The molecular formula is C22H24N4O3. The number of benzene rings is 1. The summed E-state index contributed by atoms with van der Waals surface area (Å²) >= 11 is 0. The number of hydrogen-bond donors (Lipinski definition) is 2. The Labute approximate surface area is 169 Å². The van der Waals surface area contributed by atoms with Crippen LogP contribution in [0.5, 0.6) is 11.5 Å². The second-order valence-corrected chi connectivity index (χ2v) is 7.60. The van der Waals surface area contributed by atoms with E-state index >= 15 is 0 Å². The Morgan fingerprint density at radius 3 is 2.69 bits per heavy atom. The highest BCUT2D eigenvalue weighted by Crippen LogP contribution is 2.34. The summed E-state index contributed by atoms with van der Waals surface area (Å²) in [5.41, 5.74) is 3.35. The van der Waals surface area contributed by atoms with Crippen LogP contribution < -0.4 is 20.1 Å². The van der Waals surface area contributed by atoms with E-state index in [1.54, 1.807) is 0 Å². The first-order chi connectivity index (χ1) is 14.2. The van der Waals surface area contributed by atoms with Crippen LogP contribution in [-0.2, 0) is 0 Å². The maximum atomic E-state index is 12.3. The molecule has 2 aliphatic rings. The largest absolute Gasteiger partial charge is 0.486 e. The van der Waals surface area contributed by atoms with Crippen molar-refractivity contribution in [3.05, 3.63) is 42.7 Å². The van der Waals surface area contributed by atoms with Gasteiger partial charge in [-0.25, -0.2) is 9.78 Å². The smallest absolute Gasteiger partial charge is 0.319 e. The van der Waals surface area contributed by atoms with E-state index in [9.17, 15) is 4.79 Å². The van der Waals surface area contributed by atoms with Crippen molar-refractivity contribution in [1.82, 2.24) is 14.7 Å². The van der Waals surface area contributed by atoms with Gasteiger partial charge in [-0.1, -0.05) is 19.3 Å². The first-order valence-corrected chi connectivity index (χ1v) is 10.2. The molecule has 0 bridgehead atoms. The minimum Gasteiger partial charge on any atom is -0.486 e. The van der Waals surface area contributed by atoms with E-state index in [-0.39, 0.29) is 12.1 Å². The number of carbonyl (C=O) groups is 1. The Morgan fingerprint density at radius 2 is 1.83 bits per heavy atom. The Bertz CT molecular complexity index is 1040. The first-order valence-electron chi connectivity index (χ1n) is 10.2. The van der Waals surface area contributed by atoms with Crippen LogP contribution in [-0.4, -0.2) is 34.7 Å². The third kappa shape index (κ3) is 3.85. The zero-order valence-electron chi connectivity index (χ0n) is 16.2. The van der Waals surface area contributed by atoms with E-state index < -0.39 is 0 Å². The number of rotatable bonds is 3. The minimum atomic E-state index is -0.150. The highest BCUT2D eigenvalue weighted by molar-refractivity contribution is 5.89. The molecule has 150 valence electrons. The van der Waals surface area contributed by atoms with Gasteiger partial charge in [0, 0.05) is 24.0 Å². The number of nitrogens with one attached hydrogen (secondary N) is 2. The fourth-order valence-corrected chi connectivity index (χ4v) is 4.01. The van der Waals surface area contributed by atoms with E-state index in [4.69, 9.17) is 9.47 Å². The van der Waals surface area contributed by atoms with Gasteiger partial charge in [0.05, 0.1) is 11.4 Å². The molecule has 0 unspecified atom stereocenters. The van der Waals surface area contributed by atoms with Gasteiger partial charge in [-0.15, -0.1) is 0 Å². The number of pyridine rings is 1. The first kappa shape index (κ1) is 17.8. The SMILES string of the molecule is O=C(Nc1ccc2nc(-c3ccc4c(c3)OCCO4)cn2c1)NC1CCCCC1. The molecule has 1 fully saturated rings. The van der Waals surface area contributed by atoms with Gasteiger partial charge in [0.25, 0.3) is 0 Å². The second-order valence-electron chi connectivity index (χ2n) is 7.60. The molecule has 0 radical (unpaired) electrons. The van der Waals surface area contributed by atoms with Gasteiger partial charge in [-0.3, -0.25) is 0 Å². The van der Waals surface area contributed by atoms with Crippen molar-refractivity contribution >= 4 is 17.4 Å². The van der Waals surface area contributed by atoms with Crippen molar-refractivity contribution in [2.75, 3.05) is 18.5 Å². The van der Waals surface area contributed by atoms with Crippen molar-refractivity contribution in [1.29, 1.82) is 0 Å². The molecule has 1 aliphatic carbocycles. The summed E-state index contributed by atoms with van der Waals surface area (Å²) in [6.07, 6.45) is 9.60. The number of carbonyl (C=O) groups excluding carboxylic acids is 1. The lowest BCUT2D eigenvalue weighted by Gasteiger charge is -2.22. The van der Waals surface area contributed by atoms with Crippen LogP contribution in [0.4, 0.5) is 10.5 Å². The predicted octanol–water partition coefficient (Wildman–Crippen LogP) is 4.23. The van der Waals surface area contributed by atoms with Gasteiger partial charge in [0.2, 0.25) is 0 Å². The molecule has 7 heteroatoms. The summed E-state index contributed by atoms with van der Waals surface area (Å²) in [5, 5.41) is 6.01. The summed E-state index contributed by atoms with van der Waals surface area (Å²) in [6, 6.07) is 9.75. The van der Waals surface area contributed by atoms with E-state index in [0.717, 1.165) is 46.9 Å². The molecule has 0 saturated heterocycles. The van der Waals surface area contributed by atoms with Crippen LogP contribution in [0.15, 0.2) is 42.7 Å². The molecule has 1 saturated carbocycles. The minimum absolute atomic E-state index is 0.150. The number of anilines is 1. The molecule has 2 amide bonds. The average Bonchev–Trinajstić information content (AvgIpc) is 3.17. The van der Waals surface area contributed by atoms with E-state index in [1.807, 2.05) is 47.1 Å². The predicted molar refractivity (Wildman–Crippen MR) is 111 cm³/mol. The van der Waals surface area contributed by atoms with Crippen LogP contribution in [0.3, 0.4) is 0 Å². The number of amides is 2. The standard InChI is InChI=1S/C22H24N4O3/c27-22(23-16-4-2-1-3-5-16)24-17-7-9-21-25-18(14-26(21)13-17)15-6-8-19-20(12-15)29-11-10-28-19/h6-9,12-14,16H,1-5,10-11H2,(H2,23,24,27). The summed E-state index contributed by atoms with van der Waals surface area (Å²) in [5.74, 6) is 1.51. The molecule has 0 spiro atoms. The average molecular weight is 392 g/mol. The Morgan fingerprint density at radius 1 is 1.00 bits per heavy atom. The van der Waals surface area contributed by atoms with Gasteiger partial charge in [0.15, 0.2) is 11.5 Å². The van der Waals surface area contributed by atoms with Gasteiger partial charge >= 0.3 is 6.03 Å². The second kappa shape index (κ2) is 7.66. The number of fused-ring (bicyclic) bond motifs is 2. The van der Waals surface area contributed by atoms with Crippen LogP contribution in [0.25, 0.3) is 16.9 Å². The monoisotopic (exact) mass is 392 g/mol. The number of ether oxygens (including phenoxy) is 2. The number of urea groups is 1. The Hall–Kier alpha value is -3.22. The summed E-state index contributed by atoms with van der Waals surface area (Å²) in [4.78, 5) is 17.0. The van der Waals surface area contributed by atoms with Crippen LogP contribution in [0, 0.1) is 0 Å². The quantitative estimate of drug-likeness (QED) is 0.699. The Balaban J connectivity index is 1.33. The summed E-state index contributed by atoms with van der Waals surface area (Å²) < 4.78 is 13.2. The molecule has 2 N–H and O–H groups in total. The zero-order valence-corrected chi connectivity index (χ0v) is 16.2. The number of hydrogen-bond acceptors (Lipinski definition) is 4. The molecule has 1 aliphatic heterocycles. The molecule has 3 heterocycles. The van der Waals surface area contributed by atoms with Gasteiger partial charge < -0.3 is 24.5 Å². The molecular weight excluding hydrogens is 368 g/mol. The lowest BCUT2D eigenvalue weighted by Crippen LogP contribution is -2.39. The lowest BCUT2D eigenvalue weighted by molar-refractivity contribution is 0.171. The topological polar surface area (TPSA) is 76.9 Å². The molecule has 1 aromatic carbocycles. The summed E-state index contributed by atoms with van der Waals surface area (Å²) in [6.45, 7) is 1.13. The van der Waals surface area contributed by atoms with E-state index in [2.05, 4.69) is 15.6 Å². The van der Waals surface area contributed by atoms with Crippen molar-refractivity contribution < 1.29 is 14.3 Å². The van der Waals surface area contributed by atoms with Crippen molar-refractivity contribution in [2.24, 2.45) is 0 Å². The fraction of sp³-hybridized carbons (Fsp3) is 0.364. The number of aromatic nitrogens is 2. The van der Waals surface area contributed by atoms with Crippen molar-refractivity contribution in [3.8, 4) is 22.8 Å². The highest BCUT2D eigenvalue weighted by atomic mass is 16.6. The molecule has 29 heavy (non-hydrogen) atoms. The molecule has 7 nitrogen and oxygen atoms in total. The molecule has 2 aromatic heterocycles. The zero-order chi connectivity index (χ0) is 19.6. The lowest BCUT2D eigenvalue weighted by atomic mass is 9.96. The highest BCUT2D eigenvalue weighted by Gasteiger charge is 2.16. The van der Waals surface area contributed by atoms with Crippen LogP contribution in [0.1, 0.15) is 32.1 Å². The maximum Gasteiger partial charge on any atom is 0.319 e. The molecule has 5 rings (SSSR count). The number of nitrogens with zero attached hydrogens (tertiary/aromatic N) is 2. The van der Waals surface area contributed by atoms with Gasteiger partial charge in [-0.05, 0) is 43.2 Å². The van der Waals surface area contributed by atoms with Crippen molar-refractivity contribution in [3.63, 3.8) is 0 Å². The van der Waals surface area contributed by atoms with E-state index in [1.165, 1.54) is 19.3 Å². The van der Waals surface area contributed by atoms with Crippen LogP contribution >= 0.6 is 0 Å². The van der Waals surface area contributed by atoms with E-state index in [0.29, 0.717) is 13.2 Å².